The summed E-state index contributed by atoms with van der Waals surface area (Å²) in [5, 5.41) is 0. The maximum Gasteiger partial charge on any atom is 0.416 e. The molecule has 0 aliphatic heterocycles. The van der Waals surface area contributed by atoms with E-state index < -0.39 is 23.1 Å². The number of hydrogen-bond acceptors (Lipinski definition) is 1. The van der Waals surface area contributed by atoms with Gasteiger partial charge in [0.2, 0.25) is 0 Å². The van der Waals surface area contributed by atoms with E-state index in [1.165, 1.54) is 0 Å². The second-order valence-corrected chi connectivity index (χ2v) is 3.67. The molecule has 0 N–H and O–H groups in total. The highest BCUT2D eigenvalue weighted by molar-refractivity contribution is 5.30. The van der Waals surface area contributed by atoms with Crippen LogP contribution in [0.15, 0.2) is 18.2 Å². The fraction of sp³-hybridized carbons (Fsp3) is 0.500. The standard InChI is InChI=1S/C12H14F4O/c1-2-3-7-17-8-9-10(12(14,15)16)5-4-6-11(9)13/h4-6H,2-3,7-8H2,1H3. The van der Waals surface area contributed by atoms with Crippen LogP contribution in [0, 0.1) is 5.82 Å². The molecule has 1 rings (SSSR count). The molecule has 96 valence electrons. The monoisotopic (exact) mass is 250 g/mol. The molecule has 0 heterocycles. The third-order valence-corrected chi connectivity index (χ3v) is 2.31. The van der Waals surface area contributed by atoms with Gasteiger partial charge in [-0.15, -0.1) is 0 Å². The van der Waals surface area contributed by atoms with E-state index in [0.717, 1.165) is 31.0 Å². The van der Waals surface area contributed by atoms with Crippen LogP contribution in [0.4, 0.5) is 17.6 Å². The van der Waals surface area contributed by atoms with Crippen LogP contribution in [0.25, 0.3) is 0 Å². The Labute approximate surface area is 97.4 Å². The van der Waals surface area contributed by atoms with Gasteiger partial charge in [0.25, 0.3) is 0 Å². The molecule has 0 radical (unpaired) electrons. The molecular weight excluding hydrogens is 236 g/mol. The molecule has 0 unspecified atom stereocenters. The minimum Gasteiger partial charge on any atom is -0.377 e. The van der Waals surface area contributed by atoms with Gasteiger partial charge in [-0.2, -0.15) is 13.2 Å². The average molecular weight is 250 g/mol. The first kappa shape index (κ1) is 14.0. The van der Waals surface area contributed by atoms with Crippen molar-refractivity contribution in [2.24, 2.45) is 0 Å². The van der Waals surface area contributed by atoms with Gasteiger partial charge in [-0.05, 0) is 18.6 Å². The predicted molar refractivity (Wildman–Crippen MR) is 56.0 cm³/mol. The second-order valence-electron chi connectivity index (χ2n) is 3.67. The van der Waals surface area contributed by atoms with Crippen LogP contribution < -0.4 is 0 Å². The topological polar surface area (TPSA) is 9.23 Å². The molecule has 0 saturated carbocycles. The molecule has 1 aromatic rings. The van der Waals surface area contributed by atoms with Gasteiger partial charge in [0.05, 0.1) is 12.2 Å². The Bertz CT molecular complexity index is 360. The molecule has 0 aliphatic rings. The van der Waals surface area contributed by atoms with Crippen molar-refractivity contribution >= 4 is 0 Å². The highest BCUT2D eigenvalue weighted by Crippen LogP contribution is 2.33. The van der Waals surface area contributed by atoms with Crippen molar-refractivity contribution in [2.75, 3.05) is 6.61 Å². The van der Waals surface area contributed by atoms with Crippen molar-refractivity contribution in [3.05, 3.63) is 35.1 Å². The van der Waals surface area contributed by atoms with E-state index in [9.17, 15) is 17.6 Å². The fourth-order valence-electron chi connectivity index (χ4n) is 1.39. The summed E-state index contributed by atoms with van der Waals surface area (Å²) in [6.07, 6.45) is -2.93. The summed E-state index contributed by atoms with van der Waals surface area (Å²) in [6.45, 7) is 1.93. The Morgan fingerprint density at radius 1 is 1.24 bits per heavy atom. The molecule has 0 aliphatic carbocycles. The number of ether oxygens (including phenoxy) is 1. The lowest BCUT2D eigenvalue weighted by Gasteiger charge is -2.13. The third kappa shape index (κ3) is 4.00. The summed E-state index contributed by atoms with van der Waals surface area (Å²) >= 11 is 0. The van der Waals surface area contributed by atoms with Gasteiger partial charge in [-0.25, -0.2) is 4.39 Å². The molecule has 0 spiro atoms. The number of rotatable bonds is 5. The van der Waals surface area contributed by atoms with Crippen LogP contribution in [0.2, 0.25) is 0 Å². The highest BCUT2D eigenvalue weighted by Gasteiger charge is 2.34. The van der Waals surface area contributed by atoms with Gasteiger partial charge >= 0.3 is 6.18 Å². The van der Waals surface area contributed by atoms with Gasteiger partial charge in [0.15, 0.2) is 0 Å². The molecule has 5 heteroatoms. The van der Waals surface area contributed by atoms with E-state index in [0.29, 0.717) is 6.61 Å². The molecule has 0 fully saturated rings. The van der Waals surface area contributed by atoms with Crippen LogP contribution in [0.3, 0.4) is 0 Å². The molecule has 1 aromatic carbocycles. The van der Waals surface area contributed by atoms with Gasteiger partial charge < -0.3 is 4.74 Å². The van der Waals surface area contributed by atoms with Gasteiger partial charge in [0, 0.05) is 12.2 Å². The van der Waals surface area contributed by atoms with Gasteiger partial charge in [-0.1, -0.05) is 19.4 Å². The van der Waals surface area contributed by atoms with Crippen molar-refractivity contribution in [2.45, 2.75) is 32.5 Å². The minimum absolute atomic E-state index is 0.335. The van der Waals surface area contributed by atoms with Crippen LogP contribution in [-0.2, 0) is 17.5 Å². The Morgan fingerprint density at radius 2 is 1.94 bits per heavy atom. The van der Waals surface area contributed by atoms with Crippen molar-refractivity contribution in [3.8, 4) is 0 Å². The zero-order valence-electron chi connectivity index (χ0n) is 9.48. The van der Waals surface area contributed by atoms with Gasteiger partial charge in [-0.3, -0.25) is 0 Å². The van der Waals surface area contributed by atoms with Crippen molar-refractivity contribution in [1.29, 1.82) is 0 Å². The summed E-state index contributed by atoms with van der Waals surface area (Å²) in [6, 6.07) is 2.92. The lowest BCUT2D eigenvalue weighted by atomic mass is 10.1. The quantitative estimate of drug-likeness (QED) is 0.563. The zero-order chi connectivity index (χ0) is 12.9. The number of alkyl halides is 3. The SMILES string of the molecule is CCCCOCc1c(F)cccc1C(F)(F)F. The van der Waals surface area contributed by atoms with Gasteiger partial charge in [0.1, 0.15) is 5.82 Å². The molecule has 0 amide bonds. The van der Waals surface area contributed by atoms with E-state index in [-0.39, 0.29) is 6.61 Å². The summed E-state index contributed by atoms with van der Waals surface area (Å²) in [5.74, 6) is -0.878. The molecule has 0 aromatic heterocycles. The van der Waals surface area contributed by atoms with Crippen molar-refractivity contribution in [1.82, 2.24) is 0 Å². The number of unbranched alkanes of at least 4 members (excludes halogenated alkanes) is 1. The molecular formula is C12H14F4O. The summed E-state index contributed by atoms with van der Waals surface area (Å²) in [5.41, 5.74) is -1.38. The van der Waals surface area contributed by atoms with Crippen molar-refractivity contribution in [3.63, 3.8) is 0 Å². The second kappa shape index (κ2) is 6.00. The van der Waals surface area contributed by atoms with E-state index in [1.807, 2.05) is 6.92 Å². The Morgan fingerprint density at radius 3 is 2.53 bits per heavy atom. The molecule has 0 atom stereocenters. The van der Waals surface area contributed by atoms with Crippen LogP contribution in [0.1, 0.15) is 30.9 Å². The Kier molecular flexibility index (Phi) is 4.93. The van der Waals surface area contributed by atoms with E-state index >= 15 is 0 Å². The summed E-state index contributed by atoms with van der Waals surface area (Å²) in [4.78, 5) is 0. The fourth-order valence-corrected chi connectivity index (χ4v) is 1.39. The summed E-state index contributed by atoms with van der Waals surface area (Å²) < 4.78 is 56.1. The van der Waals surface area contributed by atoms with E-state index in [1.54, 1.807) is 0 Å². The number of hydrogen-bond donors (Lipinski definition) is 0. The molecule has 0 saturated heterocycles. The zero-order valence-corrected chi connectivity index (χ0v) is 9.48. The van der Waals surface area contributed by atoms with Crippen LogP contribution in [-0.4, -0.2) is 6.61 Å². The number of benzene rings is 1. The van der Waals surface area contributed by atoms with Crippen molar-refractivity contribution < 1.29 is 22.3 Å². The molecule has 17 heavy (non-hydrogen) atoms. The largest absolute Gasteiger partial charge is 0.416 e. The van der Waals surface area contributed by atoms with E-state index in [4.69, 9.17) is 4.74 Å². The molecule has 0 bridgehead atoms. The predicted octanol–water partition coefficient (Wildman–Crippen LogP) is 4.16. The normalized spacial score (nSPS) is 11.8. The Hall–Kier alpha value is -1.10. The summed E-state index contributed by atoms with van der Waals surface area (Å²) in [7, 11) is 0. The maximum atomic E-state index is 13.3. The molecule has 1 nitrogen and oxygen atoms in total. The van der Waals surface area contributed by atoms with Crippen LogP contribution in [0.5, 0.6) is 0 Å². The van der Waals surface area contributed by atoms with Crippen LogP contribution >= 0.6 is 0 Å². The first-order valence-corrected chi connectivity index (χ1v) is 5.39. The lowest BCUT2D eigenvalue weighted by molar-refractivity contribution is -0.139. The smallest absolute Gasteiger partial charge is 0.377 e. The third-order valence-electron chi connectivity index (χ3n) is 2.31. The average Bonchev–Trinajstić information content (AvgIpc) is 2.24. The number of halogens is 4. The lowest BCUT2D eigenvalue weighted by Crippen LogP contribution is -2.12. The van der Waals surface area contributed by atoms with E-state index in [2.05, 4.69) is 0 Å². The maximum absolute atomic E-state index is 13.3. The first-order chi connectivity index (χ1) is 7.96. The minimum atomic E-state index is -4.55. The Balaban J connectivity index is 2.81. The highest BCUT2D eigenvalue weighted by atomic mass is 19.4. The first-order valence-electron chi connectivity index (χ1n) is 5.39.